The highest BCUT2D eigenvalue weighted by atomic mass is 32.1. The maximum atomic E-state index is 12.5. The molecule has 0 spiro atoms. The third-order valence-corrected chi connectivity index (χ3v) is 5.48. The van der Waals surface area contributed by atoms with E-state index >= 15 is 0 Å². The van der Waals surface area contributed by atoms with Crippen molar-refractivity contribution in [1.82, 2.24) is 0 Å². The molecule has 0 aromatic carbocycles. The van der Waals surface area contributed by atoms with Gasteiger partial charge in [0.05, 0.1) is 17.7 Å². The first-order chi connectivity index (χ1) is 10.7. The molecule has 0 N–H and O–H groups in total. The van der Waals surface area contributed by atoms with Gasteiger partial charge in [0.1, 0.15) is 5.78 Å². The summed E-state index contributed by atoms with van der Waals surface area (Å²) in [5, 5.41) is 2.07. The van der Waals surface area contributed by atoms with Crippen molar-refractivity contribution in [1.29, 1.82) is 0 Å². The van der Waals surface area contributed by atoms with Crippen LogP contribution >= 0.6 is 11.3 Å². The van der Waals surface area contributed by atoms with Crippen LogP contribution in [0.1, 0.15) is 43.9 Å². The fourth-order valence-electron chi connectivity index (χ4n) is 3.39. The van der Waals surface area contributed by atoms with Gasteiger partial charge in [-0.05, 0) is 42.5 Å². The Hall–Kier alpha value is -1.48. The van der Waals surface area contributed by atoms with Gasteiger partial charge in [0.2, 0.25) is 0 Å². The van der Waals surface area contributed by atoms with Crippen molar-refractivity contribution in [2.24, 2.45) is 16.8 Å². The number of rotatable bonds is 5. The minimum Gasteiger partial charge on any atom is -0.299 e. The number of Topliss-reactive ketones (excluding diaryl/α,β-unsaturated/α-hetero) is 1. The Labute approximate surface area is 136 Å². The van der Waals surface area contributed by atoms with Gasteiger partial charge in [-0.1, -0.05) is 37.8 Å². The maximum absolute atomic E-state index is 12.5. The lowest BCUT2D eigenvalue weighted by Crippen LogP contribution is -2.27. The van der Waals surface area contributed by atoms with Crippen LogP contribution in [0.15, 0.2) is 40.7 Å². The van der Waals surface area contributed by atoms with E-state index in [-0.39, 0.29) is 12.0 Å². The van der Waals surface area contributed by atoms with Gasteiger partial charge in [-0.25, -0.2) is 0 Å². The van der Waals surface area contributed by atoms with E-state index < -0.39 is 0 Å². The molecular formula is C19H23NOS. The van der Waals surface area contributed by atoms with E-state index in [0.29, 0.717) is 11.7 Å². The zero-order chi connectivity index (χ0) is 15.4. The summed E-state index contributed by atoms with van der Waals surface area (Å²) in [4.78, 5) is 18.4. The van der Waals surface area contributed by atoms with Crippen molar-refractivity contribution in [2.45, 2.75) is 45.1 Å². The summed E-state index contributed by atoms with van der Waals surface area (Å²) in [6.45, 7) is 2.06. The number of aliphatic imine (C=N–C) groups is 1. The molecular weight excluding hydrogens is 290 g/mol. The number of carbonyl (C=O) groups excluding carboxylic acids is 1. The summed E-state index contributed by atoms with van der Waals surface area (Å²) in [5.41, 5.74) is 0.964. The van der Waals surface area contributed by atoms with Gasteiger partial charge in [0.15, 0.2) is 0 Å². The van der Waals surface area contributed by atoms with Crippen LogP contribution in [0.3, 0.4) is 0 Å². The van der Waals surface area contributed by atoms with Crippen molar-refractivity contribution in [2.75, 3.05) is 0 Å². The molecule has 0 amide bonds. The molecule has 2 nitrogen and oxygen atoms in total. The van der Waals surface area contributed by atoms with E-state index in [1.165, 1.54) is 30.6 Å². The Kier molecular flexibility index (Phi) is 5.04. The van der Waals surface area contributed by atoms with Crippen molar-refractivity contribution < 1.29 is 4.79 Å². The molecule has 1 aliphatic heterocycles. The second kappa shape index (κ2) is 7.19. The molecule has 3 rings (SSSR count). The highest BCUT2D eigenvalue weighted by Crippen LogP contribution is 2.30. The second-order valence-corrected chi connectivity index (χ2v) is 7.33. The zero-order valence-corrected chi connectivity index (χ0v) is 13.9. The summed E-state index contributed by atoms with van der Waals surface area (Å²) < 4.78 is 0. The first-order valence-corrected chi connectivity index (χ1v) is 9.10. The van der Waals surface area contributed by atoms with Crippen LogP contribution < -0.4 is 0 Å². The van der Waals surface area contributed by atoms with Crippen LogP contribution in [0, 0.1) is 11.8 Å². The average Bonchev–Trinajstić information content (AvgIpc) is 3.18. The Morgan fingerprint density at radius 2 is 2.18 bits per heavy atom. The van der Waals surface area contributed by atoms with Gasteiger partial charge in [-0.2, -0.15) is 0 Å². The standard InChI is InChI=1S/C19H23NOS/c1-14-18(19(21)13-15-5-2-3-6-15)11-9-16(20-14)8-10-17-7-4-12-22-17/h4,7-12,14-15,18H,2-3,5-6,13H2,1H3/b10-8+/t14-,18?/m0/s1. The van der Waals surface area contributed by atoms with E-state index in [2.05, 4.69) is 35.5 Å². The van der Waals surface area contributed by atoms with Gasteiger partial charge in [0.25, 0.3) is 0 Å². The number of dihydropyridines is 1. The molecule has 1 saturated carbocycles. The van der Waals surface area contributed by atoms with Gasteiger partial charge >= 0.3 is 0 Å². The molecule has 2 heterocycles. The summed E-state index contributed by atoms with van der Waals surface area (Å²) in [5.74, 6) is 0.970. The fraction of sp³-hybridized carbons (Fsp3) is 0.474. The van der Waals surface area contributed by atoms with Crippen LogP contribution in [0.5, 0.6) is 0 Å². The molecule has 1 aromatic heterocycles. The zero-order valence-electron chi connectivity index (χ0n) is 13.1. The molecule has 0 bridgehead atoms. The first-order valence-electron chi connectivity index (χ1n) is 8.22. The summed E-state index contributed by atoms with van der Waals surface area (Å²) in [7, 11) is 0. The van der Waals surface area contributed by atoms with Crippen LogP contribution in [-0.2, 0) is 4.79 Å². The topological polar surface area (TPSA) is 29.4 Å². The van der Waals surface area contributed by atoms with Crippen molar-refractivity contribution in [3.63, 3.8) is 0 Å². The number of hydrogen-bond acceptors (Lipinski definition) is 3. The van der Waals surface area contributed by atoms with Crippen LogP contribution in [0.2, 0.25) is 0 Å². The number of thiophene rings is 1. The highest BCUT2D eigenvalue weighted by Gasteiger charge is 2.27. The molecule has 1 aliphatic carbocycles. The number of allylic oxidation sites excluding steroid dienone is 2. The molecule has 22 heavy (non-hydrogen) atoms. The Morgan fingerprint density at radius 3 is 2.86 bits per heavy atom. The lowest BCUT2D eigenvalue weighted by Gasteiger charge is -2.21. The average molecular weight is 313 g/mol. The van der Waals surface area contributed by atoms with E-state index in [4.69, 9.17) is 0 Å². The molecule has 1 unspecified atom stereocenters. The van der Waals surface area contributed by atoms with Crippen molar-refractivity contribution >= 4 is 28.9 Å². The highest BCUT2D eigenvalue weighted by molar-refractivity contribution is 7.10. The Morgan fingerprint density at radius 1 is 1.36 bits per heavy atom. The molecule has 0 radical (unpaired) electrons. The predicted molar refractivity (Wildman–Crippen MR) is 94.5 cm³/mol. The number of nitrogens with zero attached hydrogens (tertiary/aromatic N) is 1. The largest absolute Gasteiger partial charge is 0.299 e. The summed E-state index contributed by atoms with van der Waals surface area (Å²) in [6, 6.07) is 4.19. The summed E-state index contributed by atoms with van der Waals surface area (Å²) >= 11 is 1.72. The number of ketones is 1. The predicted octanol–water partition coefficient (Wildman–Crippen LogP) is 4.93. The third kappa shape index (κ3) is 3.83. The molecule has 0 saturated heterocycles. The molecule has 1 aromatic rings. The van der Waals surface area contributed by atoms with Gasteiger partial charge in [-0.15, -0.1) is 11.3 Å². The molecule has 116 valence electrons. The molecule has 3 heteroatoms. The van der Waals surface area contributed by atoms with Crippen LogP contribution in [-0.4, -0.2) is 17.5 Å². The fourth-order valence-corrected chi connectivity index (χ4v) is 4.00. The van der Waals surface area contributed by atoms with Crippen molar-refractivity contribution in [3.8, 4) is 0 Å². The van der Waals surface area contributed by atoms with Crippen LogP contribution in [0.25, 0.3) is 6.08 Å². The molecule has 2 aliphatic rings. The quantitative estimate of drug-likeness (QED) is 0.758. The Balaban J connectivity index is 1.59. The lowest BCUT2D eigenvalue weighted by molar-refractivity contribution is -0.122. The first kappa shape index (κ1) is 15.4. The SMILES string of the molecule is C[C@@H]1N=C(/C=C/c2cccs2)C=CC1C(=O)CC1CCCC1. The van der Waals surface area contributed by atoms with E-state index in [0.717, 1.165) is 12.1 Å². The number of carbonyl (C=O) groups is 1. The van der Waals surface area contributed by atoms with Gasteiger partial charge in [-0.3, -0.25) is 9.79 Å². The lowest BCUT2D eigenvalue weighted by atomic mass is 9.87. The molecule has 2 atom stereocenters. The minimum absolute atomic E-state index is 0.0283. The monoisotopic (exact) mass is 313 g/mol. The minimum atomic E-state index is -0.0283. The van der Waals surface area contributed by atoms with E-state index in [1.807, 2.05) is 18.2 Å². The van der Waals surface area contributed by atoms with Crippen LogP contribution in [0.4, 0.5) is 0 Å². The van der Waals surface area contributed by atoms with Gasteiger partial charge in [0, 0.05) is 11.3 Å². The number of hydrogen-bond donors (Lipinski definition) is 0. The van der Waals surface area contributed by atoms with Crippen molar-refractivity contribution in [3.05, 3.63) is 40.6 Å². The normalized spacial score (nSPS) is 25.8. The van der Waals surface area contributed by atoms with E-state index in [1.54, 1.807) is 11.3 Å². The smallest absolute Gasteiger partial charge is 0.142 e. The van der Waals surface area contributed by atoms with E-state index in [9.17, 15) is 4.79 Å². The second-order valence-electron chi connectivity index (χ2n) is 6.35. The third-order valence-electron chi connectivity index (χ3n) is 4.64. The maximum Gasteiger partial charge on any atom is 0.142 e. The Bertz CT molecular complexity index is 591. The van der Waals surface area contributed by atoms with Gasteiger partial charge < -0.3 is 0 Å². The summed E-state index contributed by atoms with van der Waals surface area (Å²) in [6.07, 6.45) is 14.0. The molecule has 1 fully saturated rings.